The summed E-state index contributed by atoms with van der Waals surface area (Å²) in [6, 6.07) is 3.71. The van der Waals surface area contributed by atoms with E-state index in [1.54, 1.807) is 6.92 Å². The number of benzene rings is 1. The van der Waals surface area contributed by atoms with Crippen molar-refractivity contribution in [3.63, 3.8) is 0 Å². The van der Waals surface area contributed by atoms with Crippen molar-refractivity contribution in [3.05, 3.63) is 35.4 Å². The van der Waals surface area contributed by atoms with Crippen LogP contribution in [-0.4, -0.2) is 29.9 Å². The normalized spacial score (nSPS) is 19.7. The number of alkyl halides is 3. The largest absolute Gasteiger partial charge is 0.416 e. The van der Waals surface area contributed by atoms with E-state index in [2.05, 4.69) is 5.32 Å². The molecule has 0 spiro atoms. The Kier molecular flexibility index (Phi) is 5.36. The fraction of sp³-hybridized carbons (Fsp3) is 0.500. The molecule has 1 fully saturated rings. The number of urea groups is 1. The molecule has 0 bridgehead atoms. The first-order chi connectivity index (χ1) is 11.2. The maximum absolute atomic E-state index is 12.6. The van der Waals surface area contributed by atoms with E-state index in [4.69, 9.17) is 5.73 Å². The highest BCUT2D eigenvalue weighted by Gasteiger charge is 2.31. The first-order valence-corrected chi connectivity index (χ1v) is 7.70. The Bertz CT molecular complexity index is 602. The fourth-order valence-corrected chi connectivity index (χ4v) is 2.77. The summed E-state index contributed by atoms with van der Waals surface area (Å²) in [5, 5.41) is 2.78. The van der Waals surface area contributed by atoms with E-state index in [1.807, 2.05) is 0 Å². The molecule has 1 aliphatic rings. The Morgan fingerprint density at radius 3 is 2.46 bits per heavy atom. The van der Waals surface area contributed by atoms with Crippen LogP contribution < -0.4 is 11.1 Å². The molecular formula is C16H20F3N3O2. The SMILES string of the molecule is C[C@H](NC(=O)[C@@H]1CCCN(C(N)=O)C1)c1ccc(C(F)(F)F)cc1. The van der Waals surface area contributed by atoms with Gasteiger partial charge in [0.15, 0.2) is 0 Å². The van der Waals surface area contributed by atoms with Crippen LogP contribution in [0.4, 0.5) is 18.0 Å². The van der Waals surface area contributed by atoms with E-state index in [-0.39, 0.29) is 18.4 Å². The quantitative estimate of drug-likeness (QED) is 0.885. The maximum Gasteiger partial charge on any atom is 0.416 e. The third-order valence-corrected chi connectivity index (χ3v) is 4.20. The highest BCUT2D eigenvalue weighted by Crippen LogP contribution is 2.30. The zero-order chi connectivity index (χ0) is 17.9. The summed E-state index contributed by atoms with van der Waals surface area (Å²) in [5.41, 5.74) is 5.09. The molecule has 0 saturated carbocycles. The van der Waals surface area contributed by atoms with Crippen molar-refractivity contribution in [3.8, 4) is 0 Å². The van der Waals surface area contributed by atoms with Crippen molar-refractivity contribution in [1.29, 1.82) is 0 Å². The number of hydrogen-bond acceptors (Lipinski definition) is 2. The van der Waals surface area contributed by atoms with Gasteiger partial charge in [-0.25, -0.2) is 4.79 Å². The molecule has 132 valence electrons. The number of piperidine rings is 1. The molecular weight excluding hydrogens is 323 g/mol. The lowest BCUT2D eigenvalue weighted by atomic mass is 9.96. The van der Waals surface area contributed by atoms with Crippen LogP contribution in [0.1, 0.15) is 36.9 Å². The second kappa shape index (κ2) is 7.11. The van der Waals surface area contributed by atoms with Gasteiger partial charge < -0.3 is 16.0 Å². The number of carbonyl (C=O) groups is 2. The van der Waals surface area contributed by atoms with Gasteiger partial charge >= 0.3 is 12.2 Å². The van der Waals surface area contributed by atoms with Crippen molar-refractivity contribution < 1.29 is 22.8 Å². The van der Waals surface area contributed by atoms with Crippen LogP contribution in [0.25, 0.3) is 0 Å². The Hall–Kier alpha value is -2.25. The van der Waals surface area contributed by atoms with Crippen LogP contribution in [0.3, 0.4) is 0 Å². The molecule has 3 N–H and O–H groups in total. The van der Waals surface area contributed by atoms with Crippen LogP contribution in [0.15, 0.2) is 24.3 Å². The second-order valence-electron chi connectivity index (χ2n) is 5.97. The van der Waals surface area contributed by atoms with Crippen LogP contribution in [0.2, 0.25) is 0 Å². The Morgan fingerprint density at radius 2 is 1.92 bits per heavy atom. The van der Waals surface area contributed by atoms with Crippen molar-refractivity contribution in [2.75, 3.05) is 13.1 Å². The molecule has 1 aromatic carbocycles. The number of nitrogens with one attached hydrogen (secondary N) is 1. The first-order valence-electron chi connectivity index (χ1n) is 7.70. The van der Waals surface area contributed by atoms with Gasteiger partial charge in [0.05, 0.1) is 17.5 Å². The number of primary amides is 1. The number of halogens is 3. The Labute approximate surface area is 138 Å². The van der Waals surface area contributed by atoms with Gasteiger partial charge in [0, 0.05) is 13.1 Å². The predicted molar refractivity (Wildman–Crippen MR) is 81.9 cm³/mol. The Morgan fingerprint density at radius 1 is 1.29 bits per heavy atom. The predicted octanol–water partition coefficient (Wildman–Crippen LogP) is 2.67. The van der Waals surface area contributed by atoms with Gasteiger partial charge in [0.1, 0.15) is 0 Å². The first kappa shape index (κ1) is 18.1. The van der Waals surface area contributed by atoms with Gasteiger partial charge in [0.2, 0.25) is 5.91 Å². The minimum atomic E-state index is -4.38. The molecule has 3 amide bonds. The average molecular weight is 343 g/mol. The average Bonchev–Trinajstić information content (AvgIpc) is 2.54. The summed E-state index contributed by atoms with van der Waals surface area (Å²) in [5.74, 6) is -0.587. The number of hydrogen-bond donors (Lipinski definition) is 2. The number of likely N-dealkylation sites (tertiary alicyclic amines) is 1. The molecule has 1 heterocycles. The van der Waals surface area contributed by atoms with Crippen LogP contribution >= 0.6 is 0 Å². The molecule has 1 aliphatic heterocycles. The smallest absolute Gasteiger partial charge is 0.351 e. The summed E-state index contributed by atoms with van der Waals surface area (Å²) >= 11 is 0. The van der Waals surface area contributed by atoms with E-state index in [0.29, 0.717) is 24.9 Å². The lowest BCUT2D eigenvalue weighted by molar-refractivity contribution is -0.137. The highest BCUT2D eigenvalue weighted by atomic mass is 19.4. The molecule has 2 rings (SSSR count). The molecule has 8 heteroatoms. The lowest BCUT2D eigenvalue weighted by Crippen LogP contribution is -2.47. The summed E-state index contributed by atoms with van der Waals surface area (Å²) < 4.78 is 37.7. The van der Waals surface area contributed by atoms with E-state index >= 15 is 0 Å². The zero-order valence-corrected chi connectivity index (χ0v) is 13.3. The van der Waals surface area contributed by atoms with Gasteiger partial charge in [-0.05, 0) is 37.5 Å². The van der Waals surface area contributed by atoms with Crippen LogP contribution in [-0.2, 0) is 11.0 Å². The molecule has 1 aromatic rings. The van der Waals surface area contributed by atoms with Gasteiger partial charge in [-0.1, -0.05) is 12.1 Å². The molecule has 1 saturated heterocycles. The summed E-state index contributed by atoms with van der Waals surface area (Å²) in [7, 11) is 0. The van der Waals surface area contributed by atoms with Crippen LogP contribution in [0, 0.1) is 5.92 Å². The second-order valence-corrected chi connectivity index (χ2v) is 5.97. The van der Waals surface area contributed by atoms with Crippen molar-refractivity contribution in [2.45, 2.75) is 32.0 Å². The number of rotatable bonds is 3. The summed E-state index contributed by atoms with van der Waals surface area (Å²) in [4.78, 5) is 24.9. The van der Waals surface area contributed by atoms with Gasteiger partial charge in [-0.15, -0.1) is 0 Å². The number of nitrogens with two attached hydrogens (primary N) is 1. The Balaban J connectivity index is 1.97. The van der Waals surface area contributed by atoms with Gasteiger partial charge in [0.25, 0.3) is 0 Å². The van der Waals surface area contributed by atoms with Gasteiger partial charge in [-0.3, -0.25) is 4.79 Å². The topological polar surface area (TPSA) is 75.4 Å². The lowest BCUT2D eigenvalue weighted by Gasteiger charge is -2.31. The number of amides is 3. The van der Waals surface area contributed by atoms with Crippen molar-refractivity contribution in [2.24, 2.45) is 11.7 Å². The minimum absolute atomic E-state index is 0.228. The molecule has 5 nitrogen and oxygen atoms in total. The minimum Gasteiger partial charge on any atom is -0.351 e. The third-order valence-electron chi connectivity index (χ3n) is 4.20. The molecule has 2 atom stereocenters. The highest BCUT2D eigenvalue weighted by molar-refractivity contribution is 5.80. The number of nitrogens with zero attached hydrogens (tertiary/aromatic N) is 1. The molecule has 0 aromatic heterocycles. The van der Waals surface area contributed by atoms with Crippen molar-refractivity contribution in [1.82, 2.24) is 10.2 Å². The summed E-state index contributed by atoms with van der Waals surface area (Å²) in [6.07, 6.45) is -3.05. The summed E-state index contributed by atoms with van der Waals surface area (Å²) in [6.45, 7) is 2.50. The standard InChI is InChI=1S/C16H20F3N3O2/c1-10(11-4-6-13(7-5-11)16(17,18)19)21-14(23)12-3-2-8-22(9-12)15(20)24/h4-7,10,12H,2-3,8-9H2,1H3,(H2,20,24)(H,21,23)/t10-,12+/m0/s1. The fourth-order valence-electron chi connectivity index (χ4n) is 2.77. The molecule has 0 aliphatic carbocycles. The van der Waals surface area contributed by atoms with E-state index in [1.165, 1.54) is 17.0 Å². The zero-order valence-electron chi connectivity index (χ0n) is 13.3. The van der Waals surface area contributed by atoms with Crippen LogP contribution in [0.5, 0.6) is 0 Å². The maximum atomic E-state index is 12.6. The van der Waals surface area contributed by atoms with E-state index in [9.17, 15) is 22.8 Å². The van der Waals surface area contributed by atoms with E-state index in [0.717, 1.165) is 12.1 Å². The molecule has 0 radical (unpaired) electrons. The monoisotopic (exact) mass is 343 g/mol. The van der Waals surface area contributed by atoms with E-state index < -0.39 is 23.8 Å². The van der Waals surface area contributed by atoms with Gasteiger partial charge in [-0.2, -0.15) is 13.2 Å². The number of carbonyl (C=O) groups excluding carboxylic acids is 2. The third kappa shape index (κ3) is 4.39. The molecule has 24 heavy (non-hydrogen) atoms. The van der Waals surface area contributed by atoms with Crippen molar-refractivity contribution >= 4 is 11.9 Å². The molecule has 0 unspecified atom stereocenters.